The van der Waals surface area contributed by atoms with Crippen LogP contribution >= 0.6 is 0 Å². The maximum Gasteiger partial charge on any atom is 0.306 e. The molecule has 0 spiro atoms. The van der Waals surface area contributed by atoms with E-state index in [9.17, 15) is 5.11 Å². The Bertz CT molecular complexity index is 1050. The van der Waals surface area contributed by atoms with Crippen LogP contribution in [0.4, 0.5) is 5.82 Å². The molecule has 1 aromatic heterocycles. The number of rotatable bonds is 6. The normalized spacial score (nSPS) is 14.7. The smallest absolute Gasteiger partial charge is 0.306 e. The molecule has 0 radical (unpaired) electrons. The van der Waals surface area contributed by atoms with E-state index in [2.05, 4.69) is 19.1 Å². The Hall–Kier alpha value is -3.32. The minimum atomic E-state index is -0.158. The summed E-state index contributed by atoms with van der Waals surface area (Å²) in [6.07, 6.45) is 2.73. The maximum atomic E-state index is 9.95. The van der Waals surface area contributed by atoms with Crippen molar-refractivity contribution in [2.24, 2.45) is 0 Å². The highest BCUT2D eigenvalue weighted by Crippen LogP contribution is 2.48. The van der Waals surface area contributed by atoms with Gasteiger partial charge < -0.3 is 25.2 Å². The van der Waals surface area contributed by atoms with Crippen LogP contribution in [-0.2, 0) is 6.54 Å². The van der Waals surface area contributed by atoms with Crippen molar-refractivity contribution in [3.05, 3.63) is 65.5 Å². The first kappa shape index (κ1) is 20.0. The highest BCUT2D eigenvalue weighted by atomic mass is 16.5. The third-order valence-electron chi connectivity index (χ3n) is 5.46. The van der Waals surface area contributed by atoms with Gasteiger partial charge in [0.25, 0.3) is 0 Å². The number of quaternary nitrogens is 1. The number of ether oxygens (including phenoxy) is 2. The number of benzene rings is 2. The Balaban J connectivity index is 1.81. The van der Waals surface area contributed by atoms with Crippen molar-refractivity contribution in [2.45, 2.75) is 18.9 Å². The fourth-order valence-electron chi connectivity index (χ4n) is 3.90. The number of methoxy groups -OCH3 is 1. The molecule has 1 aliphatic heterocycles. The predicted octanol–water partition coefficient (Wildman–Crippen LogP) is 1.49. The molecule has 2 aromatic carbocycles. The summed E-state index contributed by atoms with van der Waals surface area (Å²) in [6, 6.07) is 13.1. The van der Waals surface area contributed by atoms with E-state index >= 15 is 0 Å². The number of hydrogen-bond donors (Lipinski definition) is 3. The van der Waals surface area contributed by atoms with Crippen LogP contribution in [0.5, 0.6) is 23.1 Å². The summed E-state index contributed by atoms with van der Waals surface area (Å²) in [4.78, 5) is 5.96. The minimum absolute atomic E-state index is 0.149. The number of hydrogen-bond acceptors (Lipinski definition) is 5. The molecule has 0 unspecified atom stereocenters. The quantitative estimate of drug-likeness (QED) is 0.421. The van der Waals surface area contributed by atoms with Gasteiger partial charge in [-0.25, -0.2) is 4.57 Å². The van der Waals surface area contributed by atoms with Gasteiger partial charge in [-0.2, -0.15) is 0 Å². The van der Waals surface area contributed by atoms with Crippen molar-refractivity contribution in [1.82, 2.24) is 4.98 Å². The topological polar surface area (TPSA) is 85.9 Å². The standard InChI is InChI=1S/C23H26N4O3/c1-26(2)11-4-12-27-14-25-23-21(22(27)24)20(15-5-8-17(29-3)9-6-15)18-10-7-16(28)13-19(18)30-23/h5-10,13-14,20,24,28H,4,11-12H2,1-3H3/p+2/t20-/m1/s1. The number of nitrogen functional groups attached to an aromatic ring is 1. The molecule has 0 amide bonds. The number of anilines is 1. The number of nitrogens with one attached hydrogen (secondary N) is 1. The SMILES string of the molecule is COc1ccc([C@@H]2c3ccc(O)cc3Oc3nc[n+](CCC[NH+](C)C)c(N)c32)cc1. The zero-order valence-corrected chi connectivity index (χ0v) is 17.6. The molecule has 0 bridgehead atoms. The third kappa shape index (κ3) is 3.76. The summed E-state index contributed by atoms with van der Waals surface area (Å²) in [6.45, 7) is 1.83. The van der Waals surface area contributed by atoms with E-state index in [4.69, 9.17) is 15.2 Å². The van der Waals surface area contributed by atoms with E-state index in [1.165, 1.54) is 4.90 Å². The molecule has 156 valence electrons. The average molecular weight is 409 g/mol. The van der Waals surface area contributed by atoms with Crippen LogP contribution in [0.15, 0.2) is 48.8 Å². The summed E-state index contributed by atoms with van der Waals surface area (Å²) in [5, 5.41) is 9.95. The summed E-state index contributed by atoms with van der Waals surface area (Å²) in [5.74, 6) is 2.49. The Morgan fingerprint density at radius 1 is 1.20 bits per heavy atom. The molecule has 2 heterocycles. The van der Waals surface area contributed by atoms with Crippen LogP contribution in [0.2, 0.25) is 0 Å². The molecule has 0 saturated heterocycles. The molecule has 0 aliphatic carbocycles. The number of phenols is 1. The Labute approximate surface area is 176 Å². The Morgan fingerprint density at radius 3 is 2.67 bits per heavy atom. The third-order valence-corrected chi connectivity index (χ3v) is 5.46. The van der Waals surface area contributed by atoms with Crippen LogP contribution in [0, 0.1) is 0 Å². The second-order valence-electron chi connectivity index (χ2n) is 7.88. The lowest BCUT2D eigenvalue weighted by atomic mass is 9.83. The van der Waals surface area contributed by atoms with Crippen molar-refractivity contribution >= 4 is 5.82 Å². The minimum Gasteiger partial charge on any atom is -0.508 e. The second-order valence-corrected chi connectivity index (χ2v) is 7.88. The Kier molecular flexibility index (Phi) is 5.46. The van der Waals surface area contributed by atoms with Gasteiger partial charge in [0.05, 0.1) is 40.2 Å². The number of nitrogens with two attached hydrogens (primary N) is 1. The second kappa shape index (κ2) is 8.20. The maximum absolute atomic E-state index is 9.95. The first-order valence-electron chi connectivity index (χ1n) is 10.1. The van der Waals surface area contributed by atoms with Crippen LogP contribution in [0.3, 0.4) is 0 Å². The van der Waals surface area contributed by atoms with Crippen molar-refractivity contribution in [3.8, 4) is 23.1 Å². The van der Waals surface area contributed by atoms with Crippen molar-refractivity contribution < 1.29 is 24.0 Å². The van der Waals surface area contributed by atoms with Gasteiger partial charge in [0.1, 0.15) is 22.8 Å². The number of nitrogens with zero attached hydrogens (tertiary/aromatic N) is 2. The van der Waals surface area contributed by atoms with Crippen molar-refractivity contribution in [1.29, 1.82) is 0 Å². The van der Waals surface area contributed by atoms with Gasteiger partial charge >= 0.3 is 5.88 Å². The first-order valence-corrected chi connectivity index (χ1v) is 10.1. The van der Waals surface area contributed by atoms with E-state index in [0.29, 0.717) is 17.4 Å². The molecule has 3 aromatic rings. The number of aryl methyl sites for hydroxylation is 1. The highest BCUT2D eigenvalue weighted by molar-refractivity contribution is 5.62. The first-order chi connectivity index (χ1) is 14.5. The molecule has 0 fully saturated rings. The monoisotopic (exact) mass is 408 g/mol. The van der Waals surface area contributed by atoms with E-state index in [1.807, 2.05) is 34.9 Å². The lowest BCUT2D eigenvalue weighted by Gasteiger charge is -2.27. The van der Waals surface area contributed by atoms with Crippen LogP contribution in [-0.4, -0.2) is 37.8 Å². The lowest BCUT2D eigenvalue weighted by molar-refractivity contribution is -0.861. The molecule has 4 N–H and O–H groups in total. The number of phenolic OH excluding ortho intramolecular Hbond substituents is 1. The largest absolute Gasteiger partial charge is 0.508 e. The van der Waals surface area contributed by atoms with Gasteiger partial charge in [-0.15, -0.1) is 0 Å². The molecule has 1 aliphatic rings. The van der Waals surface area contributed by atoms with E-state index in [-0.39, 0.29) is 11.7 Å². The number of aromatic nitrogens is 2. The fraction of sp³-hybridized carbons (Fsp3) is 0.304. The molecule has 1 atom stereocenters. The van der Waals surface area contributed by atoms with E-state index in [0.717, 1.165) is 42.0 Å². The molecule has 7 heteroatoms. The van der Waals surface area contributed by atoms with E-state index in [1.54, 1.807) is 25.6 Å². The van der Waals surface area contributed by atoms with Gasteiger partial charge in [-0.3, -0.25) is 0 Å². The Morgan fingerprint density at radius 2 is 1.97 bits per heavy atom. The van der Waals surface area contributed by atoms with Crippen LogP contribution in [0.1, 0.15) is 29.0 Å². The van der Waals surface area contributed by atoms with Crippen LogP contribution in [0.25, 0.3) is 0 Å². The van der Waals surface area contributed by atoms with Crippen molar-refractivity contribution in [2.75, 3.05) is 33.5 Å². The summed E-state index contributed by atoms with van der Waals surface area (Å²) >= 11 is 0. The average Bonchev–Trinajstić information content (AvgIpc) is 2.73. The molecular weight excluding hydrogens is 380 g/mol. The molecule has 30 heavy (non-hydrogen) atoms. The molecule has 7 nitrogen and oxygen atoms in total. The predicted molar refractivity (Wildman–Crippen MR) is 113 cm³/mol. The van der Waals surface area contributed by atoms with Gasteiger partial charge in [-0.1, -0.05) is 23.2 Å². The van der Waals surface area contributed by atoms with Gasteiger partial charge in [0, 0.05) is 18.1 Å². The lowest BCUT2D eigenvalue weighted by Crippen LogP contribution is -3.05. The van der Waals surface area contributed by atoms with Gasteiger partial charge in [0.15, 0.2) is 0 Å². The summed E-state index contributed by atoms with van der Waals surface area (Å²) in [5.41, 5.74) is 9.49. The molecule has 4 rings (SSSR count). The molecular formula is C23H28N4O3+2. The fourth-order valence-corrected chi connectivity index (χ4v) is 3.90. The number of fused-ring (bicyclic) bond motifs is 2. The highest BCUT2D eigenvalue weighted by Gasteiger charge is 2.36. The number of aromatic hydroxyl groups is 1. The van der Waals surface area contributed by atoms with Crippen molar-refractivity contribution in [3.63, 3.8) is 0 Å². The van der Waals surface area contributed by atoms with Gasteiger partial charge in [0.2, 0.25) is 12.1 Å². The van der Waals surface area contributed by atoms with E-state index < -0.39 is 0 Å². The summed E-state index contributed by atoms with van der Waals surface area (Å²) in [7, 11) is 5.93. The zero-order chi connectivity index (χ0) is 21.3. The van der Waals surface area contributed by atoms with Gasteiger partial charge in [-0.05, 0) is 23.8 Å². The molecule has 0 saturated carbocycles. The van der Waals surface area contributed by atoms with Crippen LogP contribution < -0.4 is 24.7 Å². The summed E-state index contributed by atoms with van der Waals surface area (Å²) < 4.78 is 13.3. The zero-order valence-electron chi connectivity index (χ0n) is 17.6.